The van der Waals surface area contributed by atoms with Gasteiger partial charge in [-0.15, -0.1) is 0 Å². The molecule has 0 radical (unpaired) electrons. The van der Waals surface area contributed by atoms with Crippen LogP contribution < -0.4 is 5.32 Å². The van der Waals surface area contributed by atoms with E-state index in [4.69, 9.17) is 5.11 Å². The van der Waals surface area contributed by atoms with Gasteiger partial charge in [0, 0.05) is 6.20 Å². The molecular weight excluding hydrogens is 208 g/mol. The Morgan fingerprint density at radius 3 is 2.75 bits per heavy atom. The van der Waals surface area contributed by atoms with Crippen LogP contribution in [0.1, 0.15) is 29.4 Å². The molecule has 5 nitrogen and oxygen atoms in total. The molecule has 0 bridgehead atoms. The Kier molecular flexibility index (Phi) is 3.99. The number of carboxylic acids is 1. The first-order valence-corrected chi connectivity index (χ1v) is 5.01. The van der Waals surface area contributed by atoms with Gasteiger partial charge in [-0.05, 0) is 25.0 Å². The number of pyridine rings is 1. The van der Waals surface area contributed by atoms with Gasteiger partial charge in [0.05, 0.1) is 0 Å². The van der Waals surface area contributed by atoms with Crippen molar-refractivity contribution in [2.24, 2.45) is 0 Å². The van der Waals surface area contributed by atoms with Crippen LogP contribution in [0.25, 0.3) is 0 Å². The van der Waals surface area contributed by atoms with Crippen molar-refractivity contribution in [2.75, 3.05) is 0 Å². The van der Waals surface area contributed by atoms with Crippen molar-refractivity contribution < 1.29 is 14.7 Å². The quantitative estimate of drug-likeness (QED) is 0.796. The monoisotopic (exact) mass is 222 g/mol. The molecule has 2 N–H and O–H groups in total. The van der Waals surface area contributed by atoms with Gasteiger partial charge in [-0.3, -0.25) is 9.78 Å². The molecule has 5 heteroatoms. The average molecular weight is 222 g/mol. The number of nitrogens with zero attached hydrogens (tertiary/aromatic N) is 1. The molecule has 1 heterocycles. The summed E-state index contributed by atoms with van der Waals surface area (Å²) >= 11 is 0. The number of hydrogen-bond acceptors (Lipinski definition) is 3. The second-order valence-corrected chi connectivity index (χ2v) is 3.44. The van der Waals surface area contributed by atoms with Crippen LogP contribution in [-0.2, 0) is 4.79 Å². The molecule has 0 saturated carbocycles. The predicted octanol–water partition coefficient (Wildman–Crippen LogP) is 0.983. The molecule has 0 fully saturated rings. The van der Waals surface area contributed by atoms with Gasteiger partial charge in [-0.2, -0.15) is 0 Å². The summed E-state index contributed by atoms with van der Waals surface area (Å²) < 4.78 is 0. The van der Waals surface area contributed by atoms with E-state index in [9.17, 15) is 9.59 Å². The van der Waals surface area contributed by atoms with Gasteiger partial charge in [0.15, 0.2) is 0 Å². The summed E-state index contributed by atoms with van der Waals surface area (Å²) in [6.07, 6.45) is 1.84. The average Bonchev–Trinajstić information content (AvgIpc) is 2.25. The number of carboxylic acid groups (broad SMARTS) is 1. The van der Waals surface area contributed by atoms with E-state index in [1.54, 1.807) is 26.0 Å². The Bertz CT molecular complexity index is 404. The molecular formula is C11H14N2O3. The highest BCUT2D eigenvalue weighted by Crippen LogP contribution is 2.03. The van der Waals surface area contributed by atoms with E-state index in [0.717, 1.165) is 5.56 Å². The maximum Gasteiger partial charge on any atom is 0.326 e. The van der Waals surface area contributed by atoms with Crippen LogP contribution in [0.2, 0.25) is 0 Å². The second-order valence-electron chi connectivity index (χ2n) is 3.44. The van der Waals surface area contributed by atoms with Crippen LogP contribution in [0.15, 0.2) is 18.3 Å². The van der Waals surface area contributed by atoms with E-state index in [1.807, 2.05) is 0 Å². The van der Waals surface area contributed by atoms with Gasteiger partial charge in [-0.25, -0.2) is 4.79 Å². The fourth-order valence-electron chi connectivity index (χ4n) is 1.29. The molecule has 0 aromatic carbocycles. The molecule has 1 rings (SSSR count). The van der Waals surface area contributed by atoms with Crippen molar-refractivity contribution in [3.63, 3.8) is 0 Å². The molecule has 0 aliphatic rings. The zero-order chi connectivity index (χ0) is 12.1. The third kappa shape index (κ3) is 2.79. The van der Waals surface area contributed by atoms with Crippen molar-refractivity contribution in [1.82, 2.24) is 10.3 Å². The SMILES string of the molecule is CC[C@H](NC(=O)c1ncccc1C)C(=O)O. The molecule has 86 valence electrons. The molecule has 0 spiro atoms. The van der Waals surface area contributed by atoms with E-state index in [-0.39, 0.29) is 5.69 Å². The fraction of sp³-hybridized carbons (Fsp3) is 0.364. The standard InChI is InChI=1S/C11H14N2O3/c1-3-8(11(15)16)13-10(14)9-7(2)5-4-6-12-9/h4-6,8H,3H2,1-2H3,(H,13,14)(H,15,16)/t8-/m0/s1. The Morgan fingerprint density at radius 1 is 1.56 bits per heavy atom. The van der Waals surface area contributed by atoms with Gasteiger partial charge in [0.25, 0.3) is 5.91 Å². The summed E-state index contributed by atoms with van der Waals surface area (Å²) in [5.41, 5.74) is 0.988. The summed E-state index contributed by atoms with van der Waals surface area (Å²) in [5.74, 6) is -1.49. The zero-order valence-electron chi connectivity index (χ0n) is 9.23. The summed E-state index contributed by atoms with van der Waals surface area (Å²) in [7, 11) is 0. The summed E-state index contributed by atoms with van der Waals surface area (Å²) in [5, 5.41) is 11.2. The van der Waals surface area contributed by atoms with Gasteiger partial charge in [-0.1, -0.05) is 13.0 Å². The van der Waals surface area contributed by atoms with Crippen LogP contribution in [0, 0.1) is 6.92 Å². The first kappa shape index (κ1) is 12.2. The maximum absolute atomic E-state index is 11.7. The lowest BCUT2D eigenvalue weighted by atomic mass is 10.2. The minimum absolute atomic E-state index is 0.266. The highest BCUT2D eigenvalue weighted by Gasteiger charge is 2.19. The second kappa shape index (κ2) is 5.25. The van der Waals surface area contributed by atoms with Gasteiger partial charge in [0.1, 0.15) is 11.7 Å². The maximum atomic E-state index is 11.7. The number of amides is 1. The van der Waals surface area contributed by atoms with E-state index >= 15 is 0 Å². The van der Waals surface area contributed by atoms with Gasteiger partial charge in [0.2, 0.25) is 0 Å². The molecule has 1 amide bonds. The lowest BCUT2D eigenvalue weighted by Crippen LogP contribution is -2.40. The van der Waals surface area contributed by atoms with Crippen molar-refractivity contribution >= 4 is 11.9 Å². The number of carbonyl (C=O) groups is 2. The van der Waals surface area contributed by atoms with E-state index in [2.05, 4.69) is 10.3 Å². The minimum atomic E-state index is -1.04. The largest absolute Gasteiger partial charge is 0.480 e. The summed E-state index contributed by atoms with van der Waals surface area (Å²) in [6, 6.07) is 2.61. The Labute approximate surface area is 93.5 Å². The highest BCUT2D eigenvalue weighted by atomic mass is 16.4. The first-order valence-electron chi connectivity index (χ1n) is 5.01. The predicted molar refractivity (Wildman–Crippen MR) is 58.2 cm³/mol. The minimum Gasteiger partial charge on any atom is -0.480 e. The van der Waals surface area contributed by atoms with Crippen LogP contribution in [0.5, 0.6) is 0 Å². The highest BCUT2D eigenvalue weighted by molar-refractivity contribution is 5.96. The number of aliphatic carboxylic acids is 1. The molecule has 0 aliphatic heterocycles. The first-order chi connectivity index (χ1) is 7.56. The van der Waals surface area contributed by atoms with Crippen molar-refractivity contribution in [2.45, 2.75) is 26.3 Å². The molecule has 16 heavy (non-hydrogen) atoms. The summed E-state index contributed by atoms with van der Waals surface area (Å²) in [4.78, 5) is 26.4. The number of hydrogen-bond donors (Lipinski definition) is 2. The number of rotatable bonds is 4. The normalized spacial score (nSPS) is 11.9. The molecule has 1 aromatic rings. The van der Waals surface area contributed by atoms with Crippen molar-refractivity contribution in [3.05, 3.63) is 29.6 Å². The number of carbonyl (C=O) groups excluding carboxylic acids is 1. The van der Waals surface area contributed by atoms with Crippen LogP contribution in [0.3, 0.4) is 0 Å². The topological polar surface area (TPSA) is 79.3 Å². The molecule has 1 aromatic heterocycles. The van der Waals surface area contributed by atoms with Crippen LogP contribution in [-0.4, -0.2) is 28.0 Å². The van der Waals surface area contributed by atoms with E-state index in [0.29, 0.717) is 6.42 Å². The van der Waals surface area contributed by atoms with Crippen LogP contribution >= 0.6 is 0 Å². The molecule has 1 atom stereocenters. The van der Waals surface area contributed by atoms with Crippen molar-refractivity contribution in [1.29, 1.82) is 0 Å². The Balaban J connectivity index is 2.80. The van der Waals surface area contributed by atoms with Crippen LogP contribution in [0.4, 0.5) is 0 Å². The lowest BCUT2D eigenvalue weighted by Gasteiger charge is -2.12. The zero-order valence-corrected chi connectivity index (χ0v) is 9.23. The molecule has 0 aliphatic carbocycles. The molecule has 0 unspecified atom stereocenters. The number of aryl methyl sites for hydroxylation is 1. The van der Waals surface area contributed by atoms with E-state index in [1.165, 1.54) is 6.20 Å². The van der Waals surface area contributed by atoms with Gasteiger partial charge >= 0.3 is 5.97 Å². The molecule has 0 saturated heterocycles. The Morgan fingerprint density at radius 2 is 2.25 bits per heavy atom. The summed E-state index contributed by atoms with van der Waals surface area (Å²) in [6.45, 7) is 3.45. The van der Waals surface area contributed by atoms with Crippen molar-refractivity contribution in [3.8, 4) is 0 Å². The third-order valence-electron chi connectivity index (χ3n) is 2.24. The number of nitrogens with one attached hydrogen (secondary N) is 1. The van der Waals surface area contributed by atoms with Gasteiger partial charge < -0.3 is 10.4 Å². The third-order valence-corrected chi connectivity index (χ3v) is 2.24. The van der Waals surface area contributed by atoms with E-state index < -0.39 is 17.9 Å². The smallest absolute Gasteiger partial charge is 0.326 e. The fourth-order valence-corrected chi connectivity index (χ4v) is 1.29. The Hall–Kier alpha value is -1.91. The lowest BCUT2D eigenvalue weighted by molar-refractivity contribution is -0.139. The number of aromatic nitrogens is 1.